The number of halogens is 1. The van der Waals surface area contributed by atoms with Gasteiger partial charge in [-0.2, -0.15) is 0 Å². The molecule has 0 saturated heterocycles. The summed E-state index contributed by atoms with van der Waals surface area (Å²) in [7, 11) is 0. The molecule has 2 aliphatic rings. The molecule has 2 aliphatic carbocycles. The van der Waals surface area contributed by atoms with Gasteiger partial charge in [0.25, 0.3) is 0 Å². The summed E-state index contributed by atoms with van der Waals surface area (Å²) >= 11 is 0. The van der Waals surface area contributed by atoms with E-state index in [0.717, 1.165) is 48.0 Å². The molecule has 2 N–H and O–H groups in total. The van der Waals surface area contributed by atoms with Gasteiger partial charge in [-0.3, -0.25) is 9.59 Å². The molecule has 31 heavy (non-hydrogen) atoms. The van der Waals surface area contributed by atoms with Crippen molar-refractivity contribution in [2.45, 2.75) is 50.0 Å². The first-order chi connectivity index (χ1) is 14.9. The second-order valence-corrected chi connectivity index (χ2v) is 8.39. The Morgan fingerprint density at radius 2 is 1.71 bits per heavy atom. The summed E-state index contributed by atoms with van der Waals surface area (Å²) in [4.78, 5) is 23.2. The van der Waals surface area contributed by atoms with Crippen molar-refractivity contribution in [3.05, 3.63) is 88.8 Å². The number of carbonyl (C=O) groups excluding carboxylic acids is 1. The highest BCUT2D eigenvalue weighted by Crippen LogP contribution is 2.57. The van der Waals surface area contributed by atoms with Gasteiger partial charge in [0.2, 0.25) is 0 Å². The fourth-order valence-corrected chi connectivity index (χ4v) is 5.09. The van der Waals surface area contributed by atoms with Crippen LogP contribution in [0.1, 0.15) is 55.2 Å². The van der Waals surface area contributed by atoms with Crippen molar-refractivity contribution in [3.8, 4) is 0 Å². The lowest BCUT2D eigenvalue weighted by atomic mass is 9.75. The monoisotopic (exact) mass is 420 g/mol. The van der Waals surface area contributed by atoms with Crippen LogP contribution in [-0.4, -0.2) is 28.1 Å². The maximum Gasteiger partial charge on any atom is 0.305 e. The van der Waals surface area contributed by atoms with E-state index in [-0.39, 0.29) is 23.4 Å². The molecular formula is C26H25FO4. The zero-order valence-electron chi connectivity index (χ0n) is 17.2. The third-order valence-electron chi connectivity index (χ3n) is 6.37. The van der Waals surface area contributed by atoms with Crippen LogP contribution in [-0.2, 0) is 15.0 Å². The lowest BCUT2D eigenvalue weighted by Crippen LogP contribution is -2.22. The minimum Gasteiger partial charge on any atom is -0.481 e. The number of hydrogen-bond acceptors (Lipinski definition) is 3. The number of aliphatic hydroxyl groups excluding tert-OH is 1. The molecule has 1 fully saturated rings. The van der Waals surface area contributed by atoms with E-state index in [1.807, 2.05) is 18.2 Å². The molecule has 0 aromatic heterocycles. The molecule has 1 unspecified atom stereocenters. The molecule has 0 radical (unpaired) electrons. The van der Waals surface area contributed by atoms with E-state index >= 15 is 0 Å². The summed E-state index contributed by atoms with van der Waals surface area (Å²) in [5.74, 6) is -1.75. The maximum absolute atomic E-state index is 13.6. The smallest absolute Gasteiger partial charge is 0.305 e. The number of allylic oxidation sites excluding steroid dienone is 3. The molecule has 4 nitrogen and oxygen atoms in total. The van der Waals surface area contributed by atoms with E-state index < -0.39 is 18.5 Å². The van der Waals surface area contributed by atoms with Gasteiger partial charge >= 0.3 is 5.97 Å². The van der Waals surface area contributed by atoms with Crippen molar-refractivity contribution in [1.29, 1.82) is 0 Å². The van der Waals surface area contributed by atoms with Crippen molar-refractivity contribution >= 4 is 17.3 Å². The number of rotatable bonds is 7. The first-order valence-corrected chi connectivity index (χ1v) is 10.6. The van der Waals surface area contributed by atoms with Crippen LogP contribution >= 0.6 is 0 Å². The predicted molar refractivity (Wildman–Crippen MR) is 116 cm³/mol. The molecular weight excluding hydrogens is 395 g/mol. The second kappa shape index (κ2) is 8.60. The highest BCUT2D eigenvalue weighted by atomic mass is 19.1. The molecule has 2 aromatic rings. The zero-order chi connectivity index (χ0) is 22.0. The number of ketones is 1. The van der Waals surface area contributed by atoms with Crippen LogP contribution in [0.2, 0.25) is 0 Å². The molecule has 4 rings (SSSR count). The van der Waals surface area contributed by atoms with Crippen molar-refractivity contribution in [2.24, 2.45) is 0 Å². The van der Waals surface area contributed by atoms with Gasteiger partial charge in [0, 0.05) is 11.8 Å². The molecule has 1 atom stereocenters. The fraction of sp³-hybridized carbons (Fsp3) is 0.308. The molecule has 1 saturated carbocycles. The number of aliphatic hydroxyl groups is 1. The third-order valence-corrected chi connectivity index (χ3v) is 6.37. The first-order valence-electron chi connectivity index (χ1n) is 10.6. The Bertz CT molecular complexity index is 1060. The van der Waals surface area contributed by atoms with E-state index in [0.29, 0.717) is 0 Å². The molecule has 0 bridgehead atoms. The summed E-state index contributed by atoms with van der Waals surface area (Å²) < 4.78 is 13.6. The summed E-state index contributed by atoms with van der Waals surface area (Å²) in [6.07, 6.45) is 5.52. The number of carbonyl (C=O) groups is 2. The van der Waals surface area contributed by atoms with Gasteiger partial charge in [-0.15, -0.1) is 0 Å². The Labute approximate surface area is 180 Å². The Hall–Kier alpha value is -3.05. The number of benzene rings is 2. The number of fused-ring (bicyclic) bond motifs is 2. The van der Waals surface area contributed by atoms with E-state index in [4.69, 9.17) is 5.11 Å². The normalized spacial score (nSPS) is 18.0. The quantitative estimate of drug-likeness (QED) is 0.631. The summed E-state index contributed by atoms with van der Waals surface area (Å²) in [6, 6.07) is 14.7. The lowest BCUT2D eigenvalue weighted by molar-refractivity contribution is -0.139. The number of carboxylic acids is 1. The SMILES string of the molecule is O=C(O)CC(O)CC(=O)/C=C/C1=C(c2ccc(F)cc2)c2ccccc2C12CCCC2. The Morgan fingerprint density at radius 3 is 2.39 bits per heavy atom. The van der Waals surface area contributed by atoms with Crippen molar-refractivity contribution in [1.82, 2.24) is 0 Å². The zero-order valence-corrected chi connectivity index (χ0v) is 17.2. The molecule has 0 heterocycles. The van der Waals surface area contributed by atoms with Gasteiger partial charge in [0.1, 0.15) is 5.82 Å². The van der Waals surface area contributed by atoms with Gasteiger partial charge in [0.05, 0.1) is 12.5 Å². The van der Waals surface area contributed by atoms with Gasteiger partial charge in [0.15, 0.2) is 5.78 Å². The van der Waals surface area contributed by atoms with Crippen LogP contribution in [0.5, 0.6) is 0 Å². The van der Waals surface area contributed by atoms with Crippen molar-refractivity contribution in [3.63, 3.8) is 0 Å². The topological polar surface area (TPSA) is 74.6 Å². The Kier molecular flexibility index (Phi) is 5.88. The largest absolute Gasteiger partial charge is 0.481 e. The highest BCUT2D eigenvalue weighted by molar-refractivity contribution is 5.95. The van der Waals surface area contributed by atoms with Gasteiger partial charge < -0.3 is 10.2 Å². The second-order valence-electron chi connectivity index (χ2n) is 8.39. The standard InChI is InChI=1S/C26H25FO4/c27-18-9-7-17(8-10-18)25-21-5-1-2-6-22(21)26(13-3-4-14-26)23(25)12-11-19(28)15-20(29)16-24(30)31/h1-2,5-12,20,29H,3-4,13-16H2,(H,30,31)/b12-11+. The minimum atomic E-state index is -1.21. The Balaban J connectivity index is 1.77. The summed E-state index contributed by atoms with van der Waals surface area (Å²) in [5, 5.41) is 18.6. The maximum atomic E-state index is 13.6. The number of hydrogen-bond donors (Lipinski definition) is 2. The fourth-order valence-electron chi connectivity index (χ4n) is 5.09. The van der Waals surface area contributed by atoms with Crippen molar-refractivity contribution < 1.29 is 24.2 Å². The highest BCUT2D eigenvalue weighted by Gasteiger charge is 2.45. The summed E-state index contributed by atoms with van der Waals surface area (Å²) in [6.45, 7) is 0. The van der Waals surface area contributed by atoms with E-state index in [1.54, 1.807) is 12.1 Å². The number of aliphatic carboxylic acids is 1. The Morgan fingerprint density at radius 1 is 1.03 bits per heavy atom. The average molecular weight is 420 g/mol. The van der Waals surface area contributed by atoms with Crippen LogP contribution in [0, 0.1) is 5.82 Å². The van der Waals surface area contributed by atoms with Crippen LogP contribution < -0.4 is 0 Å². The van der Waals surface area contributed by atoms with E-state index in [1.165, 1.54) is 23.8 Å². The van der Waals surface area contributed by atoms with Crippen LogP contribution in [0.25, 0.3) is 5.57 Å². The van der Waals surface area contributed by atoms with Crippen molar-refractivity contribution in [2.75, 3.05) is 0 Å². The number of carboxylic acid groups (broad SMARTS) is 1. The van der Waals surface area contributed by atoms with Crippen LogP contribution in [0.15, 0.2) is 66.3 Å². The predicted octanol–water partition coefficient (Wildman–Crippen LogP) is 4.80. The van der Waals surface area contributed by atoms with Crippen LogP contribution in [0.3, 0.4) is 0 Å². The lowest BCUT2D eigenvalue weighted by Gasteiger charge is -2.28. The average Bonchev–Trinajstić information content (AvgIpc) is 3.31. The van der Waals surface area contributed by atoms with Crippen LogP contribution in [0.4, 0.5) is 4.39 Å². The molecule has 160 valence electrons. The molecule has 0 amide bonds. The first kappa shape index (κ1) is 21.2. The molecule has 5 heteroatoms. The van der Waals surface area contributed by atoms with E-state index in [9.17, 15) is 19.1 Å². The third kappa shape index (κ3) is 4.10. The molecule has 2 aromatic carbocycles. The van der Waals surface area contributed by atoms with Gasteiger partial charge in [-0.05, 0) is 58.9 Å². The summed E-state index contributed by atoms with van der Waals surface area (Å²) in [5.41, 5.74) is 5.11. The molecule has 0 aliphatic heterocycles. The minimum absolute atomic E-state index is 0.184. The van der Waals surface area contributed by atoms with E-state index in [2.05, 4.69) is 12.1 Å². The van der Waals surface area contributed by atoms with Gasteiger partial charge in [-0.1, -0.05) is 55.3 Å². The van der Waals surface area contributed by atoms with Gasteiger partial charge in [-0.25, -0.2) is 4.39 Å². The molecule has 1 spiro atoms.